The summed E-state index contributed by atoms with van der Waals surface area (Å²) in [6.45, 7) is -0.171. The van der Waals surface area contributed by atoms with Crippen LogP contribution >= 0.6 is 0 Å². The molecule has 0 saturated carbocycles. The summed E-state index contributed by atoms with van der Waals surface area (Å²) >= 11 is 0. The van der Waals surface area contributed by atoms with E-state index in [1.54, 1.807) is 24.3 Å². The number of urea groups is 1. The van der Waals surface area contributed by atoms with Crippen LogP contribution in [0.15, 0.2) is 30.0 Å². The van der Waals surface area contributed by atoms with Gasteiger partial charge in [0.15, 0.2) is 6.61 Å². The molecule has 0 atom stereocenters. The van der Waals surface area contributed by atoms with Gasteiger partial charge < -0.3 is 14.8 Å². The van der Waals surface area contributed by atoms with E-state index in [9.17, 15) is 14.4 Å². The minimum atomic E-state index is -0.542. The van der Waals surface area contributed by atoms with Crippen molar-refractivity contribution in [1.82, 2.24) is 10.6 Å². The van der Waals surface area contributed by atoms with E-state index in [2.05, 4.69) is 15.4 Å². The first-order chi connectivity index (χ1) is 9.58. The molecule has 0 aromatic heterocycles. The normalized spacial score (nSPS) is 15.8. The van der Waals surface area contributed by atoms with Gasteiger partial charge in [-0.25, -0.2) is 9.59 Å². The maximum absolute atomic E-state index is 11.3. The quantitative estimate of drug-likeness (QED) is 0.472. The lowest BCUT2D eigenvalue weighted by Gasteiger charge is -2.04. The van der Waals surface area contributed by atoms with E-state index in [-0.39, 0.29) is 12.3 Å². The zero-order chi connectivity index (χ0) is 14.5. The Morgan fingerprint density at radius 3 is 2.45 bits per heavy atom. The predicted octanol–water partition coefficient (Wildman–Crippen LogP) is 0.419. The second-order valence-corrected chi connectivity index (χ2v) is 3.90. The number of benzene rings is 1. The third kappa shape index (κ3) is 3.35. The first kappa shape index (κ1) is 13.6. The minimum Gasteiger partial charge on any atom is -0.482 e. The Morgan fingerprint density at radius 1 is 1.20 bits per heavy atom. The molecule has 0 radical (unpaired) electrons. The molecule has 0 aliphatic carbocycles. The highest BCUT2D eigenvalue weighted by atomic mass is 16.6. The number of methoxy groups -OCH3 is 1. The van der Waals surface area contributed by atoms with Gasteiger partial charge in [-0.05, 0) is 23.8 Å². The maximum atomic E-state index is 11.3. The van der Waals surface area contributed by atoms with Crippen molar-refractivity contribution in [2.24, 2.45) is 0 Å². The van der Waals surface area contributed by atoms with E-state index in [0.29, 0.717) is 11.3 Å². The Bertz CT molecular complexity index is 577. The van der Waals surface area contributed by atoms with Crippen molar-refractivity contribution in [2.45, 2.75) is 0 Å². The number of ether oxygens (including phenoxy) is 2. The molecule has 0 unspecified atom stereocenters. The largest absolute Gasteiger partial charge is 0.482 e. The van der Waals surface area contributed by atoms with Crippen LogP contribution in [0.5, 0.6) is 5.75 Å². The Labute approximate surface area is 114 Å². The molecule has 2 N–H and O–H groups in total. The van der Waals surface area contributed by atoms with Gasteiger partial charge in [0.25, 0.3) is 5.91 Å². The van der Waals surface area contributed by atoms with E-state index in [0.717, 1.165) is 0 Å². The molecule has 1 aromatic rings. The zero-order valence-corrected chi connectivity index (χ0v) is 10.6. The van der Waals surface area contributed by atoms with Crippen LogP contribution in [0.25, 0.3) is 6.08 Å². The number of nitrogens with one attached hydrogen (secondary N) is 2. The van der Waals surface area contributed by atoms with Crippen molar-refractivity contribution >= 4 is 24.0 Å². The molecule has 3 amide bonds. The SMILES string of the molecule is COC(=O)COc1ccc(/C=C2/NC(=O)NC2=O)cc1. The summed E-state index contributed by atoms with van der Waals surface area (Å²) in [4.78, 5) is 33.2. The molecule has 104 valence electrons. The number of hydrogen-bond donors (Lipinski definition) is 2. The minimum absolute atomic E-state index is 0.171. The first-order valence-corrected chi connectivity index (χ1v) is 5.72. The van der Waals surface area contributed by atoms with Crippen molar-refractivity contribution in [3.8, 4) is 5.75 Å². The van der Waals surface area contributed by atoms with Crippen LogP contribution < -0.4 is 15.4 Å². The first-order valence-electron chi connectivity index (χ1n) is 5.72. The second kappa shape index (κ2) is 5.87. The molecule has 1 aliphatic heterocycles. The Balaban J connectivity index is 2.01. The molecule has 7 heteroatoms. The lowest BCUT2D eigenvalue weighted by Crippen LogP contribution is -2.22. The summed E-state index contributed by atoms with van der Waals surface area (Å²) in [7, 11) is 1.28. The zero-order valence-electron chi connectivity index (χ0n) is 10.6. The summed E-state index contributed by atoms with van der Waals surface area (Å²) < 4.78 is 9.63. The third-order valence-electron chi connectivity index (χ3n) is 2.50. The highest BCUT2D eigenvalue weighted by molar-refractivity contribution is 6.13. The molecule has 1 fully saturated rings. The van der Waals surface area contributed by atoms with Gasteiger partial charge in [-0.15, -0.1) is 0 Å². The predicted molar refractivity (Wildman–Crippen MR) is 68.6 cm³/mol. The van der Waals surface area contributed by atoms with Crippen LogP contribution in [-0.4, -0.2) is 31.6 Å². The molecule has 7 nitrogen and oxygen atoms in total. The number of esters is 1. The maximum Gasteiger partial charge on any atom is 0.343 e. The van der Waals surface area contributed by atoms with Gasteiger partial charge in [-0.3, -0.25) is 10.1 Å². The van der Waals surface area contributed by atoms with Gasteiger partial charge in [-0.1, -0.05) is 12.1 Å². The van der Waals surface area contributed by atoms with E-state index >= 15 is 0 Å². The number of carbonyl (C=O) groups excluding carboxylic acids is 3. The fraction of sp³-hybridized carbons (Fsp3) is 0.154. The lowest BCUT2D eigenvalue weighted by atomic mass is 10.2. The fourth-order valence-electron chi connectivity index (χ4n) is 1.51. The van der Waals surface area contributed by atoms with E-state index in [1.807, 2.05) is 0 Å². The van der Waals surface area contributed by atoms with E-state index in [4.69, 9.17) is 4.74 Å². The Hall–Kier alpha value is -2.83. The number of carbonyl (C=O) groups is 3. The second-order valence-electron chi connectivity index (χ2n) is 3.90. The van der Waals surface area contributed by atoms with Crippen molar-refractivity contribution in [2.75, 3.05) is 13.7 Å². The summed E-state index contributed by atoms with van der Waals surface area (Å²) in [6, 6.07) is 6.13. The molecular formula is C13H12N2O5. The van der Waals surface area contributed by atoms with Crippen molar-refractivity contribution in [3.63, 3.8) is 0 Å². The molecular weight excluding hydrogens is 264 g/mol. The molecule has 1 aliphatic rings. The molecule has 1 aromatic carbocycles. The van der Waals surface area contributed by atoms with Crippen LogP contribution in [0.2, 0.25) is 0 Å². The van der Waals surface area contributed by atoms with Gasteiger partial charge in [0.1, 0.15) is 11.4 Å². The van der Waals surface area contributed by atoms with Crippen LogP contribution in [0.4, 0.5) is 4.79 Å². The van der Waals surface area contributed by atoms with Crippen molar-refractivity contribution in [1.29, 1.82) is 0 Å². The van der Waals surface area contributed by atoms with Crippen molar-refractivity contribution in [3.05, 3.63) is 35.5 Å². The molecule has 1 heterocycles. The van der Waals surface area contributed by atoms with E-state index in [1.165, 1.54) is 13.2 Å². The van der Waals surface area contributed by atoms with Gasteiger partial charge in [-0.2, -0.15) is 0 Å². The molecule has 0 spiro atoms. The van der Waals surface area contributed by atoms with Crippen LogP contribution in [0, 0.1) is 0 Å². The van der Waals surface area contributed by atoms with Gasteiger partial charge in [0.05, 0.1) is 7.11 Å². The smallest absolute Gasteiger partial charge is 0.343 e. The summed E-state index contributed by atoms with van der Waals surface area (Å²) in [5.41, 5.74) is 0.890. The summed E-state index contributed by atoms with van der Waals surface area (Å²) in [6.07, 6.45) is 1.53. The average molecular weight is 276 g/mol. The molecule has 20 heavy (non-hydrogen) atoms. The van der Waals surface area contributed by atoms with Gasteiger partial charge in [0.2, 0.25) is 0 Å². The van der Waals surface area contributed by atoms with Gasteiger partial charge >= 0.3 is 12.0 Å². The fourth-order valence-corrected chi connectivity index (χ4v) is 1.51. The standard InChI is InChI=1S/C13H12N2O5/c1-19-11(16)7-20-9-4-2-8(3-5-9)6-10-12(17)15-13(18)14-10/h2-6H,7H2,1H3,(H2,14,15,17,18)/b10-6+. The molecule has 1 saturated heterocycles. The van der Waals surface area contributed by atoms with Crippen LogP contribution in [-0.2, 0) is 14.3 Å². The van der Waals surface area contributed by atoms with Crippen molar-refractivity contribution < 1.29 is 23.9 Å². The average Bonchev–Trinajstić information content (AvgIpc) is 2.75. The van der Waals surface area contributed by atoms with Crippen LogP contribution in [0.1, 0.15) is 5.56 Å². The highest BCUT2D eigenvalue weighted by Crippen LogP contribution is 2.15. The number of imide groups is 1. The highest BCUT2D eigenvalue weighted by Gasteiger charge is 2.22. The van der Waals surface area contributed by atoms with Crippen LogP contribution in [0.3, 0.4) is 0 Å². The summed E-state index contributed by atoms with van der Waals surface area (Å²) in [5.74, 6) is -0.444. The lowest BCUT2D eigenvalue weighted by molar-refractivity contribution is -0.142. The Morgan fingerprint density at radius 2 is 1.90 bits per heavy atom. The third-order valence-corrected chi connectivity index (χ3v) is 2.50. The number of amides is 3. The molecule has 0 bridgehead atoms. The van der Waals surface area contributed by atoms with Gasteiger partial charge in [0, 0.05) is 0 Å². The topological polar surface area (TPSA) is 93.7 Å². The molecule has 2 rings (SSSR count). The Kier molecular flexibility index (Phi) is 3.99. The number of hydrogen-bond acceptors (Lipinski definition) is 5. The monoisotopic (exact) mass is 276 g/mol. The number of rotatable bonds is 4. The summed E-state index contributed by atoms with van der Waals surface area (Å²) in [5, 5.41) is 4.49. The van der Waals surface area contributed by atoms with E-state index < -0.39 is 17.9 Å².